The average molecular weight is 492 g/mol. The number of halogens is 4. The largest absolute Gasteiger partial charge is 0.451 e. The van der Waals surface area contributed by atoms with Crippen molar-refractivity contribution in [3.8, 4) is 0 Å². The number of ether oxygens (including phenoxy) is 1. The summed E-state index contributed by atoms with van der Waals surface area (Å²) < 4.78 is 43.7. The zero-order valence-corrected chi connectivity index (χ0v) is 19.5. The minimum Gasteiger partial charge on any atom is -0.451 e. The lowest BCUT2D eigenvalue weighted by atomic mass is 9.96. The predicted molar refractivity (Wildman–Crippen MR) is 118 cm³/mol. The van der Waals surface area contributed by atoms with Crippen LogP contribution in [0.1, 0.15) is 58.4 Å². The van der Waals surface area contributed by atoms with Crippen LogP contribution in [0.2, 0.25) is 5.02 Å². The number of carbonyl (C=O) groups excluding carboxylic acids is 3. The van der Waals surface area contributed by atoms with E-state index in [-0.39, 0.29) is 22.7 Å². The molecule has 0 saturated heterocycles. The number of amides is 3. The summed E-state index contributed by atoms with van der Waals surface area (Å²) in [4.78, 5) is 37.0. The van der Waals surface area contributed by atoms with E-state index in [2.05, 4.69) is 16.0 Å². The average Bonchev–Trinajstić information content (AvgIpc) is 2.72. The van der Waals surface area contributed by atoms with E-state index in [1.165, 1.54) is 6.92 Å². The number of hydrogen-bond acceptors (Lipinski definition) is 5. The first-order chi connectivity index (χ1) is 15.4. The van der Waals surface area contributed by atoms with Crippen LogP contribution in [0.3, 0.4) is 0 Å². The molecule has 7 nitrogen and oxygen atoms in total. The fraction of sp³-hybridized carbons (Fsp3) is 0.591. The number of imide groups is 1. The first-order valence-corrected chi connectivity index (χ1v) is 11.2. The first kappa shape index (κ1) is 26.8. The summed E-state index contributed by atoms with van der Waals surface area (Å²) in [6.07, 6.45) is -0.973. The van der Waals surface area contributed by atoms with E-state index in [4.69, 9.17) is 16.3 Å². The molecule has 3 N–H and O–H groups in total. The Morgan fingerprint density at radius 1 is 1.09 bits per heavy atom. The number of nitrogens with one attached hydrogen (secondary N) is 3. The number of alkyl halides is 3. The highest BCUT2D eigenvalue weighted by Crippen LogP contribution is 2.34. The summed E-state index contributed by atoms with van der Waals surface area (Å²) in [6.45, 7) is 4.71. The highest BCUT2D eigenvalue weighted by atomic mass is 35.5. The van der Waals surface area contributed by atoms with Crippen LogP contribution in [-0.4, -0.2) is 36.1 Å². The maximum atomic E-state index is 12.8. The van der Waals surface area contributed by atoms with Gasteiger partial charge in [0.1, 0.15) is 6.04 Å². The second-order valence-electron chi connectivity index (χ2n) is 8.44. The van der Waals surface area contributed by atoms with E-state index >= 15 is 0 Å². The third kappa shape index (κ3) is 8.10. The minimum absolute atomic E-state index is 0.00686. The van der Waals surface area contributed by atoms with Crippen molar-refractivity contribution in [3.05, 3.63) is 28.8 Å². The van der Waals surface area contributed by atoms with E-state index in [9.17, 15) is 27.6 Å². The maximum absolute atomic E-state index is 12.8. The monoisotopic (exact) mass is 491 g/mol. The van der Waals surface area contributed by atoms with Crippen LogP contribution in [0.5, 0.6) is 0 Å². The summed E-state index contributed by atoms with van der Waals surface area (Å²) in [5, 5.41) is 7.47. The number of carbonyl (C=O) groups is 3. The summed E-state index contributed by atoms with van der Waals surface area (Å²) in [5.74, 6) is -1.94. The zero-order valence-electron chi connectivity index (χ0n) is 18.7. The van der Waals surface area contributed by atoms with Crippen LogP contribution in [0.25, 0.3) is 0 Å². The molecule has 0 spiro atoms. The molecular formula is C22H29ClF3N3O4. The lowest BCUT2D eigenvalue weighted by Crippen LogP contribution is -2.49. The fourth-order valence-electron chi connectivity index (χ4n) is 3.46. The molecule has 2 atom stereocenters. The highest BCUT2D eigenvalue weighted by molar-refractivity contribution is 6.33. The molecule has 1 aliphatic rings. The van der Waals surface area contributed by atoms with Crippen molar-refractivity contribution in [2.45, 2.75) is 77.2 Å². The van der Waals surface area contributed by atoms with Gasteiger partial charge in [0, 0.05) is 6.04 Å². The minimum atomic E-state index is -4.55. The van der Waals surface area contributed by atoms with Crippen molar-refractivity contribution in [1.29, 1.82) is 0 Å². The molecule has 0 aliphatic heterocycles. The number of rotatable bonds is 7. The van der Waals surface area contributed by atoms with Gasteiger partial charge in [0.2, 0.25) is 0 Å². The summed E-state index contributed by atoms with van der Waals surface area (Å²) in [7, 11) is 0. The third-order valence-electron chi connectivity index (χ3n) is 5.37. The predicted octanol–water partition coefficient (Wildman–Crippen LogP) is 4.89. The molecule has 0 unspecified atom stereocenters. The molecule has 184 valence electrons. The second-order valence-corrected chi connectivity index (χ2v) is 8.84. The van der Waals surface area contributed by atoms with Gasteiger partial charge in [-0.2, -0.15) is 13.2 Å². The Kier molecular flexibility index (Phi) is 9.39. The number of esters is 1. The maximum Gasteiger partial charge on any atom is 0.416 e. The van der Waals surface area contributed by atoms with E-state index in [0.29, 0.717) is 0 Å². The van der Waals surface area contributed by atoms with Crippen molar-refractivity contribution < 1.29 is 32.3 Å². The zero-order chi connectivity index (χ0) is 24.8. The first-order valence-electron chi connectivity index (χ1n) is 10.8. The van der Waals surface area contributed by atoms with E-state index in [1.54, 1.807) is 13.8 Å². The number of hydrogen-bond donors (Lipinski definition) is 3. The molecule has 1 aliphatic carbocycles. The normalized spacial score (nSPS) is 16.6. The number of benzene rings is 1. The van der Waals surface area contributed by atoms with Gasteiger partial charge in [-0.1, -0.05) is 44.7 Å². The van der Waals surface area contributed by atoms with Gasteiger partial charge >= 0.3 is 18.2 Å². The van der Waals surface area contributed by atoms with Gasteiger partial charge in [-0.25, -0.2) is 9.59 Å². The van der Waals surface area contributed by atoms with Gasteiger partial charge in [0.15, 0.2) is 6.10 Å². The molecular weight excluding hydrogens is 463 g/mol. The van der Waals surface area contributed by atoms with Crippen LogP contribution in [0, 0.1) is 5.92 Å². The van der Waals surface area contributed by atoms with Crippen LogP contribution in [0.4, 0.5) is 23.7 Å². The van der Waals surface area contributed by atoms with Gasteiger partial charge in [-0.3, -0.25) is 10.1 Å². The van der Waals surface area contributed by atoms with Crippen molar-refractivity contribution in [3.63, 3.8) is 0 Å². The molecule has 11 heteroatoms. The lowest BCUT2D eigenvalue weighted by molar-refractivity contribution is -0.156. The van der Waals surface area contributed by atoms with E-state index in [1.807, 2.05) is 0 Å². The molecule has 33 heavy (non-hydrogen) atoms. The Morgan fingerprint density at radius 2 is 1.73 bits per heavy atom. The smallest absolute Gasteiger partial charge is 0.416 e. The van der Waals surface area contributed by atoms with Crippen molar-refractivity contribution in [2.24, 2.45) is 5.92 Å². The van der Waals surface area contributed by atoms with Crippen LogP contribution in [-0.2, 0) is 20.5 Å². The second kappa shape index (κ2) is 11.6. The molecule has 0 radical (unpaired) electrons. The third-order valence-corrected chi connectivity index (χ3v) is 5.68. The van der Waals surface area contributed by atoms with Gasteiger partial charge in [0.05, 0.1) is 16.3 Å². The van der Waals surface area contributed by atoms with E-state index in [0.717, 1.165) is 50.3 Å². The molecule has 3 amide bonds. The van der Waals surface area contributed by atoms with Crippen molar-refractivity contribution >= 4 is 35.2 Å². The highest BCUT2D eigenvalue weighted by Gasteiger charge is 2.32. The van der Waals surface area contributed by atoms with Gasteiger partial charge in [-0.15, -0.1) is 0 Å². The van der Waals surface area contributed by atoms with Crippen LogP contribution >= 0.6 is 11.6 Å². The molecule has 2 rings (SSSR count). The molecule has 0 bridgehead atoms. The van der Waals surface area contributed by atoms with Crippen LogP contribution in [0.15, 0.2) is 18.2 Å². The quantitative estimate of drug-likeness (QED) is 0.472. The molecule has 1 fully saturated rings. The molecule has 1 aromatic carbocycles. The molecule has 0 aromatic heterocycles. The SMILES string of the molecule is CC(C)[C@H](Nc1ccc(C(F)(F)F)cc1Cl)C(=O)O[C@H](C)C(=O)NC(=O)NC1CCCCC1. The summed E-state index contributed by atoms with van der Waals surface area (Å²) in [6, 6.07) is 1.09. The Labute approximate surface area is 195 Å². The summed E-state index contributed by atoms with van der Waals surface area (Å²) >= 11 is 5.96. The van der Waals surface area contributed by atoms with Gasteiger partial charge < -0.3 is 15.4 Å². The lowest BCUT2D eigenvalue weighted by Gasteiger charge is -2.25. The Bertz CT molecular complexity index is 858. The van der Waals surface area contributed by atoms with E-state index < -0.39 is 41.8 Å². The number of anilines is 1. The van der Waals surface area contributed by atoms with Gasteiger partial charge in [0.25, 0.3) is 5.91 Å². The Hall–Kier alpha value is -2.49. The fourth-order valence-corrected chi connectivity index (χ4v) is 3.69. The van der Waals surface area contributed by atoms with Crippen molar-refractivity contribution in [2.75, 3.05) is 5.32 Å². The standard InChI is InChI=1S/C22H29ClF3N3O4/c1-12(2)18(28-17-10-9-14(11-16(17)23)22(24,25)26)20(31)33-13(3)19(30)29-21(32)27-15-7-5-4-6-8-15/h9-13,15,18,28H,4-8H2,1-3H3,(H2,27,29,30,32)/t13-,18+/m1/s1. The topological polar surface area (TPSA) is 96.5 Å². The molecule has 0 heterocycles. The Morgan fingerprint density at radius 3 is 2.27 bits per heavy atom. The molecule has 1 saturated carbocycles. The van der Waals surface area contributed by atoms with Crippen LogP contribution < -0.4 is 16.0 Å². The van der Waals surface area contributed by atoms with Gasteiger partial charge in [-0.05, 0) is 43.9 Å². The Balaban J connectivity index is 1.95. The molecule has 1 aromatic rings. The summed E-state index contributed by atoms with van der Waals surface area (Å²) in [5.41, 5.74) is -0.803. The number of urea groups is 1. The van der Waals surface area contributed by atoms with Crippen molar-refractivity contribution in [1.82, 2.24) is 10.6 Å².